The van der Waals surface area contributed by atoms with Gasteiger partial charge in [-0.3, -0.25) is 9.89 Å². The fourth-order valence-electron chi connectivity index (χ4n) is 7.41. The first-order valence-corrected chi connectivity index (χ1v) is 13.6. The predicted octanol–water partition coefficient (Wildman–Crippen LogP) is 5.86. The van der Waals surface area contributed by atoms with Crippen molar-refractivity contribution in [1.82, 2.24) is 19.6 Å². The predicted molar refractivity (Wildman–Crippen MR) is 134 cm³/mol. The van der Waals surface area contributed by atoms with Crippen molar-refractivity contribution in [3.8, 4) is 11.4 Å². The van der Waals surface area contributed by atoms with E-state index in [9.17, 15) is 4.79 Å². The topological polar surface area (TPSA) is 63.0 Å². The second-order valence-electron chi connectivity index (χ2n) is 12.0. The zero-order valence-corrected chi connectivity index (χ0v) is 21.0. The van der Waals surface area contributed by atoms with Crippen molar-refractivity contribution < 1.29 is 0 Å². The molecule has 174 valence electrons. The molecule has 0 aliphatic heterocycles. The van der Waals surface area contributed by atoms with E-state index in [0.29, 0.717) is 11.2 Å². The minimum atomic E-state index is 0.00979. The van der Waals surface area contributed by atoms with Gasteiger partial charge in [0.15, 0.2) is 16.6 Å². The van der Waals surface area contributed by atoms with Gasteiger partial charge in [-0.25, -0.2) is 14.5 Å². The van der Waals surface area contributed by atoms with Gasteiger partial charge in [-0.15, -0.1) is 0 Å². The number of nitrogens with zero attached hydrogens (tertiary/aromatic N) is 3. The minimum absolute atomic E-state index is 0.00979. The molecule has 0 amide bonds. The van der Waals surface area contributed by atoms with Gasteiger partial charge >= 0.3 is 0 Å². The lowest BCUT2D eigenvalue weighted by Gasteiger charge is -2.57. The van der Waals surface area contributed by atoms with Crippen LogP contribution in [0.4, 0.5) is 0 Å². The Morgan fingerprint density at radius 3 is 2.18 bits per heavy atom. The molecule has 33 heavy (non-hydrogen) atoms. The number of thioether (sulfide) groups is 1. The van der Waals surface area contributed by atoms with Gasteiger partial charge < -0.3 is 0 Å². The summed E-state index contributed by atoms with van der Waals surface area (Å²) in [6.45, 7) is 6.66. The second kappa shape index (κ2) is 7.46. The summed E-state index contributed by atoms with van der Waals surface area (Å²) in [5, 5.41) is 3.83. The monoisotopic (exact) mass is 462 g/mol. The first kappa shape index (κ1) is 21.5. The first-order valence-electron chi connectivity index (χ1n) is 12.4. The Kier molecular flexibility index (Phi) is 4.85. The van der Waals surface area contributed by atoms with Crippen LogP contribution in [-0.2, 0) is 11.8 Å². The molecular weight excluding hydrogens is 428 g/mol. The third-order valence-electron chi connectivity index (χ3n) is 8.48. The lowest BCUT2D eigenvalue weighted by molar-refractivity contribution is -0.0521. The summed E-state index contributed by atoms with van der Waals surface area (Å²) < 4.78 is 1.82. The summed E-state index contributed by atoms with van der Waals surface area (Å²) in [5.41, 5.74) is 4.32. The van der Waals surface area contributed by atoms with Crippen molar-refractivity contribution in [2.24, 2.45) is 23.2 Å². The summed E-state index contributed by atoms with van der Waals surface area (Å²) in [4.78, 5) is 23.0. The van der Waals surface area contributed by atoms with Crippen LogP contribution in [0.15, 0.2) is 34.2 Å². The lowest BCUT2D eigenvalue weighted by atomic mass is 9.48. The van der Waals surface area contributed by atoms with Gasteiger partial charge in [0.2, 0.25) is 0 Å². The molecule has 4 aliphatic rings. The van der Waals surface area contributed by atoms with E-state index >= 15 is 0 Å². The van der Waals surface area contributed by atoms with Crippen LogP contribution in [0.1, 0.15) is 70.4 Å². The van der Waals surface area contributed by atoms with Crippen molar-refractivity contribution in [2.75, 3.05) is 6.26 Å². The van der Waals surface area contributed by atoms with Gasteiger partial charge in [0.1, 0.15) is 0 Å². The molecule has 0 spiro atoms. The fraction of sp³-hybridized carbons (Fsp3) is 0.593. The highest BCUT2D eigenvalue weighted by Crippen LogP contribution is 2.61. The summed E-state index contributed by atoms with van der Waals surface area (Å²) in [6, 6.07) is 8.56. The molecule has 5 nitrogen and oxygen atoms in total. The van der Waals surface area contributed by atoms with E-state index in [2.05, 4.69) is 50.1 Å². The largest absolute Gasteiger partial charge is 0.269 e. The molecule has 1 aromatic carbocycles. The van der Waals surface area contributed by atoms with E-state index in [1.807, 2.05) is 10.8 Å². The van der Waals surface area contributed by atoms with Crippen molar-refractivity contribution >= 4 is 17.4 Å². The lowest BCUT2D eigenvalue weighted by Crippen LogP contribution is -2.47. The average Bonchev–Trinajstić information content (AvgIpc) is 3.06. The highest BCUT2D eigenvalue weighted by molar-refractivity contribution is 7.98. The Morgan fingerprint density at radius 1 is 1.03 bits per heavy atom. The van der Waals surface area contributed by atoms with Gasteiger partial charge in [0, 0.05) is 5.56 Å². The normalized spacial score (nSPS) is 28.7. The molecule has 7 rings (SSSR count). The highest BCUT2D eigenvalue weighted by Gasteiger charge is 2.51. The molecule has 0 atom stereocenters. The molecule has 4 bridgehead atoms. The zero-order valence-electron chi connectivity index (χ0n) is 20.1. The molecule has 1 N–H and O–H groups in total. The molecule has 4 saturated carbocycles. The van der Waals surface area contributed by atoms with E-state index in [0.717, 1.165) is 46.1 Å². The van der Waals surface area contributed by atoms with Crippen LogP contribution in [0.2, 0.25) is 0 Å². The number of benzene rings is 1. The molecule has 0 saturated heterocycles. The summed E-state index contributed by atoms with van der Waals surface area (Å²) in [7, 11) is 0. The van der Waals surface area contributed by atoms with Crippen molar-refractivity contribution in [3.05, 3.63) is 45.7 Å². The zero-order chi connectivity index (χ0) is 23.0. The summed E-state index contributed by atoms with van der Waals surface area (Å²) in [5.74, 6) is 3.32. The van der Waals surface area contributed by atoms with Crippen LogP contribution in [0.3, 0.4) is 0 Å². The number of hydrogen-bond acceptors (Lipinski definition) is 4. The number of rotatable bonds is 4. The Labute approximate surface area is 199 Å². The maximum absolute atomic E-state index is 13.2. The maximum Gasteiger partial charge on any atom is 0.269 e. The molecule has 4 aliphatic carbocycles. The van der Waals surface area contributed by atoms with E-state index in [-0.39, 0.29) is 11.0 Å². The summed E-state index contributed by atoms with van der Waals surface area (Å²) >= 11 is 1.55. The number of H-pyrrole nitrogens is 1. The van der Waals surface area contributed by atoms with Crippen LogP contribution in [-0.4, -0.2) is 25.8 Å². The Balaban J connectivity index is 1.42. The third kappa shape index (κ3) is 3.65. The fourth-order valence-corrected chi connectivity index (χ4v) is 7.90. The van der Waals surface area contributed by atoms with Crippen LogP contribution < -0.4 is 5.56 Å². The van der Waals surface area contributed by atoms with Crippen molar-refractivity contribution in [2.45, 2.75) is 76.3 Å². The van der Waals surface area contributed by atoms with E-state index in [4.69, 9.17) is 9.97 Å². The van der Waals surface area contributed by atoms with E-state index in [1.165, 1.54) is 44.1 Å². The second-order valence-corrected chi connectivity index (χ2v) is 12.8. The molecule has 4 fully saturated rings. The van der Waals surface area contributed by atoms with Gasteiger partial charge in [0.05, 0.1) is 5.56 Å². The van der Waals surface area contributed by atoms with Gasteiger partial charge in [-0.2, -0.15) is 0 Å². The van der Waals surface area contributed by atoms with Gasteiger partial charge in [0.25, 0.3) is 5.56 Å². The molecule has 3 aromatic rings. The number of hydrogen-bond donors (Lipinski definition) is 1. The number of aromatic nitrogens is 4. The van der Waals surface area contributed by atoms with Crippen LogP contribution in [0, 0.1) is 23.2 Å². The molecule has 0 radical (unpaired) electrons. The highest BCUT2D eigenvalue weighted by atomic mass is 32.2. The van der Waals surface area contributed by atoms with Crippen molar-refractivity contribution in [3.63, 3.8) is 0 Å². The Hall–Kier alpha value is -2.08. The SMILES string of the molecule is CSc1nc(-c2ccc(C(C)(C)C)cc2)nc2c(CC34CC5CC(CC(C5)C3)C4)c(=O)[nH]n12. The number of aromatic amines is 1. The Bertz CT molecular complexity index is 1230. The van der Waals surface area contributed by atoms with Crippen LogP contribution in [0.25, 0.3) is 17.0 Å². The molecule has 2 heterocycles. The smallest absolute Gasteiger partial charge is 0.268 e. The number of nitrogens with one attached hydrogen (secondary N) is 1. The first-order chi connectivity index (χ1) is 15.7. The number of fused-ring (bicyclic) bond motifs is 1. The quantitative estimate of drug-likeness (QED) is 0.493. The Morgan fingerprint density at radius 2 is 1.64 bits per heavy atom. The molecule has 6 heteroatoms. The standard InChI is InChI=1S/C27H34N4OS/c1-26(2,3)20-7-5-19(6-8-20)22-28-23-21(24(32)30-31(23)25(29-22)33-4)15-27-12-16-9-17(13-27)11-18(10-16)14-27/h5-8,16-18H,9-15H2,1-4H3,(H,30,32). The van der Waals surface area contributed by atoms with Crippen molar-refractivity contribution in [1.29, 1.82) is 0 Å². The minimum Gasteiger partial charge on any atom is -0.268 e. The van der Waals surface area contributed by atoms with E-state index < -0.39 is 0 Å². The molecule has 0 unspecified atom stereocenters. The van der Waals surface area contributed by atoms with E-state index in [1.54, 1.807) is 11.8 Å². The molecular formula is C27H34N4OS. The maximum atomic E-state index is 13.2. The average molecular weight is 463 g/mol. The third-order valence-corrected chi connectivity index (χ3v) is 9.12. The van der Waals surface area contributed by atoms with Gasteiger partial charge in [-0.1, -0.05) is 56.8 Å². The van der Waals surface area contributed by atoms with Gasteiger partial charge in [-0.05, 0) is 85.3 Å². The summed E-state index contributed by atoms with van der Waals surface area (Å²) in [6.07, 6.45) is 11.0. The molecule has 2 aromatic heterocycles. The van der Waals surface area contributed by atoms with Crippen LogP contribution in [0.5, 0.6) is 0 Å². The van der Waals surface area contributed by atoms with Crippen LogP contribution >= 0.6 is 11.8 Å².